The normalized spacial score (nSPS) is 13.4. The first kappa shape index (κ1) is 10.9. The van der Waals surface area contributed by atoms with E-state index in [1.165, 1.54) is 12.8 Å². The van der Waals surface area contributed by atoms with Crippen molar-refractivity contribution in [2.24, 2.45) is 0 Å². The molecule has 0 aliphatic heterocycles. The summed E-state index contributed by atoms with van der Waals surface area (Å²) >= 11 is 0. The van der Waals surface area contributed by atoms with Crippen molar-refractivity contribution >= 4 is 0 Å². The Morgan fingerprint density at radius 1 is 1.27 bits per heavy atom. The number of nitrogens with one attached hydrogen (secondary N) is 1. The smallest absolute Gasteiger partial charge is 0.0619 e. The first-order chi connectivity index (χ1) is 5.35. The second-order valence-electron chi connectivity index (χ2n) is 2.85. The van der Waals surface area contributed by atoms with Crippen LogP contribution in [-0.4, -0.2) is 26.3 Å². The van der Waals surface area contributed by atoms with Gasteiger partial charge in [0, 0.05) is 12.6 Å². The van der Waals surface area contributed by atoms with Gasteiger partial charge in [-0.25, -0.2) is 0 Å². The fourth-order valence-corrected chi connectivity index (χ4v) is 1.03. The summed E-state index contributed by atoms with van der Waals surface area (Å²) in [7, 11) is 2.00. The molecule has 2 heteroatoms. The molecule has 2 nitrogen and oxygen atoms in total. The lowest BCUT2D eigenvalue weighted by atomic mass is 10.2. The topological polar surface area (TPSA) is 21.3 Å². The van der Waals surface area contributed by atoms with E-state index in [-0.39, 0.29) is 0 Å². The van der Waals surface area contributed by atoms with Crippen LogP contribution in [0, 0.1) is 0 Å². The van der Waals surface area contributed by atoms with Gasteiger partial charge in [-0.2, -0.15) is 0 Å². The van der Waals surface area contributed by atoms with Crippen LogP contribution < -0.4 is 5.32 Å². The number of likely N-dealkylation sites (N-methyl/N-ethyl adjacent to an activating group) is 1. The molecule has 1 N–H and O–H groups in total. The van der Waals surface area contributed by atoms with E-state index in [4.69, 9.17) is 4.74 Å². The summed E-state index contributed by atoms with van der Waals surface area (Å²) < 4.78 is 5.43. The number of hydrogen-bond donors (Lipinski definition) is 1. The predicted octanol–water partition coefficient (Wildman–Crippen LogP) is 1.80. The zero-order chi connectivity index (χ0) is 8.53. The molecule has 0 radical (unpaired) electrons. The SMILES string of the molecule is CCCOCC(CCC)NC. The monoisotopic (exact) mass is 159 g/mol. The highest BCUT2D eigenvalue weighted by Crippen LogP contribution is 1.96. The van der Waals surface area contributed by atoms with Crippen LogP contribution in [0.3, 0.4) is 0 Å². The summed E-state index contributed by atoms with van der Waals surface area (Å²) in [5, 5.41) is 3.24. The largest absolute Gasteiger partial charge is 0.380 e. The third-order valence-electron chi connectivity index (χ3n) is 1.71. The molecule has 0 aromatic rings. The van der Waals surface area contributed by atoms with Crippen LogP contribution in [0.4, 0.5) is 0 Å². The molecule has 0 rings (SSSR count). The van der Waals surface area contributed by atoms with E-state index >= 15 is 0 Å². The molecule has 0 fully saturated rings. The van der Waals surface area contributed by atoms with Crippen molar-refractivity contribution in [3.05, 3.63) is 0 Å². The first-order valence-corrected chi connectivity index (χ1v) is 4.60. The van der Waals surface area contributed by atoms with Crippen molar-refractivity contribution in [2.45, 2.75) is 39.2 Å². The molecule has 0 spiro atoms. The van der Waals surface area contributed by atoms with Crippen molar-refractivity contribution in [2.75, 3.05) is 20.3 Å². The fourth-order valence-electron chi connectivity index (χ4n) is 1.03. The quantitative estimate of drug-likeness (QED) is 0.572. The van der Waals surface area contributed by atoms with Crippen LogP contribution >= 0.6 is 0 Å². The van der Waals surface area contributed by atoms with Gasteiger partial charge in [-0.15, -0.1) is 0 Å². The van der Waals surface area contributed by atoms with Crippen molar-refractivity contribution in [3.8, 4) is 0 Å². The van der Waals surface area contributed by atoms with Gasteiger partial charge in [0.2, 0.25) is 0 Å². The molecule has 1 atom stereocenters. The Hall–Kier alpha value is -0.0800. The van der Waals surface area contributed by atoms with Crippen molar-refractivity contribution in [1.82, 2.24) is 5.32 Å². The Bertz CT molecular complexity index is 76.0. The Labute approximate surface area is 70.3 Å². The molecule has 68 valence electrons. The summed E-state index contributed by atoms with van der Waals surface area (Å²) in [6.45, 7) is 6.08. The molecule has 0 heterocycles. The third-order valence-corrected chi connectivity index (χ3v) is 1.71. The first-order valence-electron chi connectivity index (χ1n) is 4.60. The maximum atomic E-state index is 5.43. The van der Waals surface area contributed by atoms with E-state index < -0.39 is 0 Å². The van der Waals surface area contributed by atoms with Gasteiger partial charge in [0.15, 0.2) is 0 Å². The van der Waals surface area contributed by atoms with Crippen LogP contribution in [0.1, 0.15) is 33.1 Å². The molecule has 1 unspecified atom stereocenters. The highest BCUT2D eigenvalue weighted by molar-refractivity contribution is 4.61. The van der Waals surface area contributed by atoms with Crippen molar-refractivity contribution < 1.29 is 4.74 Å². The van der Waals surface area contributed by atoms with Crippen molar-refractivity contribution in [1.29, 1.82) is 0 Å². The third kappa shape index (κ3) is 6.32. The van der Waals surface area contributed by atoms with Crippen LogP contribution in [-0.2, 0) is 4.74 Å². The summed E-state index contributed by atoms with van der Waals surface area (Å²) in [6.07, 6.45) is 3.55. The molecule has 0 aromatic heterocycles. The second kappa shape index (κ2) is 8.02. The molecule has 0 saturated carbocycles. The highest BCUT2D eigenvalue weighted by Gasteiger charge is 2.02. The van der Waals surface area contributed by atoms with E-state index in [0.717, 1.165) is 19.6 Å². The summed E-state index contributed by atoms with van der Waals surface area (Å²) in [6, 6.07) is 0.548. The summed E-state index contributed by atoms with van der Waals surface area (Å²) in [5.74, 6) is 0. The molecule has 0 saturated heterocycles. The van der Waals surface area contributed by atoms with Crippen LogP contribution in [0.15, 0.2) is 0 Å². The number of ether oxygens (including phenoxy) is 1. The average molecular weight is 159 g/mol. The van der Waals surface area contributed by atoms with Crippen LogP contribution in [0.5, 0.6) is 0 Å². The van der Waals surface area contributed by atoms with Crippen LogP contribution in [0.25, 0.3) is 0 Å². The van der Waals surface area contributed by atoms with Gasteiger partial charge in [-0.1, -0.05) is 20.3 Å². The maximum Gasteiger partial charge on any atom is 0.0619 e. The van der Waals surface area contributed by atoms with E-state index in [9.17, 15) is 0 Å². The Morgan fingerprint density at radius 2 is 2.00 bits per heavy atom. The van der Waals surface area contributed by atoms with Gasteiger partial charge < -0.3 is 10.1 Å². The molecule has 0 aromatic carbocycles. The zero-order valence-corrected chi connectivity index (χ0v) is 8.02. The van der Waals surface area contributed by atoms with E-state index in [2.05, 4.69) is 19.2 Å². The summed E-state index contributed by atoms with van der Waals surface area (Å²) in [4.78, 5) is 0. The van der Waals surface area contributed by atoms with Gasteiger partial charge >= 0.3 is 0 Å². The Morgan fingerprint density at radius 3 is 2.45 bits per heavy atom. The molecule has 0 aliphatic rings. The standard InChI is InChI=1S/C9H21NO/c1-4-6-9(10-3)8-11-7-5-2/h9-10H,4-8H2,1-3H3. The Balaban J connectivity index is 3.20. The van der Waals surface area contributed by atoms with E-state index in [1.54, 1.807) is 0 Å². The molecule has 0 amide bonds. The lowest BCUT2D eigenvalue weighted by molar-refractivity contribution is 0.111. The van der Waals surface area contributed by atoms with Gasteiger partial charge in [0.1, 0.15) is 0 Å². The van der Waals surface area contributed by atoms with Crippen LogP contribution in [0.2, 0.25) is 0 Å². The second-order valence-corrected chi connectivity index (χ2v) is 2.85. The number of hydrogen-bond acceptors (Lipinski definition) is 2. The van der Waals surface area contributed by atoms with Gasteiger partial charge in [-0.05, 0) is 19.9 Å². The molecular weight excluding hydrogens is 138 g/mol. The minimum atomic E-state index is 0.548. The lowest BCUT2D eigenvalue weighted by Gasteiger charge is -2.14. The maximum absolute atomic E-state index is 5.43. The van der Waals surface area contributed by atoms with E-state index in [1.807, 2.05) is 7.05 Å². The number of rotatable bonds is 7. The molecule has 0 bridgehead atoms. The highest BCUT2D eigenvalue weighted by atomic mass is 16.5. The van der Waals surface area contributed by atoms with Crippen molar-refractivity contribution in [3.63, 3.8) is 0 Å². The predicted molar refractivity (Wildman–Crippen MR) is 48.9 cm³/mol. The average Bonchev–Trinajstić information content (AvgIpc) is 2.03. The van der Waals surface area contributed by atoms with Gasteiger partial charge in [-0.3, -0.25) is 0 Å². The molecular formula is C9H21NO. The molecule has 11 heavy (non-hydrogen) atoms. The minimum absolute atomic E-state index is 0.548. The van der Waals surface area contributed by atoms with Gasteiger partial charge in [0.25, 0.3) is 0 Å². The Kier molecular flexibility index (Phi) is 7.96. The fraction of sp³-hybridized carbons (Fsp3) is 1.00. The van der Waals surface area contributed by atoms with Gasteiger partial charge in [0.05, 0.1) is 6.61 Å². The summed E-state index contributed by atoms with van der Waals surface area (Å²) in [5.41, 5.74) is 0. The lowest BCUT2D eigenvalue weighted by Crippen LogP contribution is -2.30. The molecule has 0 aliphatic carbocycles. The minimum Gasteiger partial charge on any atom is -0.380 e. The zero-order valence-electron chi connectivity index (χ0n) is 8.02. The van der Waals surface area contributed by atoms with E-state index in [0.29, 0.717) is 6.04 Å².